The van der Waals surface area contributed by atoms with E-state index < -0.39 is 11.6 Å². The third-order valence-electron chi connectivity index (χ3n) is 2.71. The highest BCUT2D eigenvalue weighted by atomic mass is 35.5. The second-order valence-electron chi connectivity index (χ2n) is 4.29. The fraction of sp³-hybridized carbons (Fsp3) is 0.0714. The molecule has 0 amide bonds. The average Bonchev–Trinajstić information content (AvgIpc) is 2.37. The van der Waals surface area contributed by atoms with Crippen LogP contribution in [0.4, 0.5) is 20.2 Å². The third-order valence-corrected chi connectivity index (χ3v) is 3.27. The van der Waals surface area contributed by atoms with Gasteiger partial charge >= 0.3 is 0 Å². The van der Waals surface area contributed by atoms with Crippen molar-refractivity contribution in [3.05, 3.63) is 58.1 Å². The van der Waals surface area contributed by atoms with Crippen molar-refractivity contribution in [3.63, 3.8) is 0 Å². The Bertz CT molecular complexity index is 666. The van der Waals surface area contributed by atoms with E-state index in [1.807, 2.05) is 6.92 Å². The predicted molar refractivity (Wildman–Crippen MR) is 81.7 cm³/mol. The van der Waals surface area contributed by atoms with Crippen LogP contribution in [0.3, 0.4) is 0 Å². The molecule has 0 atom stereocenters. The lowest BCUT2D eigenvalue weighted by molar-refractivity contribution is 0.590. The Balaban J connectivity index is 2.44. The van der Waals surface area contributed by atoms with Gasteiger partial charge in [-0.3, -0.25) is 0 Å². The molecule has 2 rings (SSSR count). The van der Waals surface area contributed by atoms with Gasteiger partial charge in [-0.05, 0) is 36.8 Å². The molecule has 0 heterocycles. The summed E-state index contributed by atoms with van der Waals surface area (Å²) in [5.41, 5.74) is 6.53. The molecule has 3 N–H and O–H groups in total. The van der Waals surface area contributed by atoms with Crippen molar-refractivity contribution >= 4 is 40.2 Å². The number of aryl methyl sites for hydroxylation is 1. The lowest BCUT2D eigenvalue weighted by Crippen LogP contribution is -2.11. The maximum absolute atomic E-state index is 13.9. The lowest BCUT2D eigenvalue weighted by atomic mass is 10.1. The lowest BCUT2D eigenvalue weighted by Gasteiger charge is -2.12. The van der Waals surface area contributed by atoms with Crippen molar-refractivity contribution in [1.29, 1.82) is 0 Å². The van der Waals surface area contributed by atoms with Gasteiger partial charge in [-0.2, -0.15) is 0 Å². The molecular formula is C14H11ClF2N2S. The zero-order valence-corrected chi connectivity index (χ0v) is 12.1. The van der Waals surface area contributed by atoms with Gasteiger partial charge in [0.15, 0.2) is 0 Å². The topological polar surface area (TPSA) is 38.0 Å². The summed E-state index contributed by atoms with van der Waals surface area (Å²) in [7, 11) is 0. The zero-order chi connectivity index (χ0) is 14.9. The Morgan fingerprint density at radius 3 is 2.35 bits per heavy atom. The highest BCUT2D eigenvalue weighted by molar-refractivity contribution is 7.80. The van der Waals surface area contributed by atoms with Gasteiger partial charge < -0.3 is 11.1 Å². The van der Waals surface area contributed by atoms with Crippen molar-refractivity contribution in [2.24, 2.45) is 5.73 Å². The van der Waals surface area contributed by atoms with Gasteiger partial charge in [0.1, 0.15) is 22.3 Å². The van der Waals surface area contributed by atoms with Crippen LogP contribution in [0.5, 0.6) is 0 Å². The first-order valence-corrected chi connectivity index (χ1v) is 6.49. The van der Waals surface area contributed by atoms with Crippen molar-refractivity contribution < 1.29 is 8.78 Å². The SMILES string of the molecule is Cc1ccc(Cl)c(Nc2c(F)cc(C(N)=S)cc2F)c1. The van der Waals surface area contributed by atoms with Crippen molar-refractivity contribution in [2.45, 2.75) is 6.92 Å². The summed E-state index contributed by atoms with van der Waals surface area (Å²) < 4.78 is 27.9. The summed E-state index contributed by atoms with van der Waals surface area (Å²) in [5.74, 6) is -1.57. The summed E-state index contributed by atoms with van der Waals surface area (Å²) >= 11 is 10.7. The Morgan fingerprint density at radius 2 is 1.80 bits per heavy atom. The summed E-state index contributed by atoms with van der Waals surface area (Å²) in [5, 5.41) is 3.02. The fourth-order valence-corrected chi connectivity index (χ4v) is 1.99. The van der Waals surface area contributed by atoms with Gasteiger partial charge in [-0.25, -0.2) is 8.78 Å². The van der Waals surface area contributed by atoms with E-state index in [1.165, 1.54) is 0 Å². The van der Waals surface area contributed by atoms with E-state index in [0.717, 1.165) is 17.7 Å². The fourth-order valence-electron chi connectivity index (χ4n) is 1.70. The van der Waals surface area contributed by atoms with Crippen LogP contribution >= 0.6 is 23.8 Å². The first-order chi connectivity index (χ1) is 9.38. The quantitative estimate of drug-likeness (QED) is 0.830. The molecule has 20 heavy (non-hydrogen) atoms. The molecule has 2 aromatic carbocycles. The summed E-state index contributed by atoms with van der Waals surface area (Å²) in [6, 6.07) is 7.31. The van der Waals surface area contributed by atoms with E-state index in [0.29, 0.717) is 10.7 Å². The number of nitrogens with one attached hydrogen (secondary N) is 1. The van der Waals surface area contributed by atoms with Gasteiger partial charge in [0, 0.05) is 5.56 Å². The molecule has 2 nitrogen and oxygen atoms in total. The Labute approximate surface area is 125 Å². The number of nitrogens with two attached hydrogens (primary N) is 1. The van der Waals surface area contributed by atoms with Crippen molar-refractivity contribution in [2.75, 3.05) is 5.32 Å². The second-order valence-corrected chi connectivity index (χ2v) is 5.13. The molecule has 0 aliphatic rings. The molecule has 0 spiro atoms. The molecule has 0 saturated carbocycles. The molecule has 0 unspecified atom stereocenters. The molecule has 0 radical (unpaired) electrons. The van der Waals surface area contributed by atoms with Crippen molar-refractivity contribution in [1.82, 2.24) is 0 Å². The van der Waals surface area contributed by atoms with Crippen LogP contribution in [-0.4, -0.2) is 4.99 Å². The molecular weight excluding hydrogens is 302 g/mol. The Morgan fingerprint density at radius 1 is 1.20 bits per heavy atom. The number of benzene rings is 2. The smallest absolute Gasteiger partial charge is 0.150 e. The minimum absolute atomic E-state index is 0.0667. The Hall–Kier alpha value is -1.72. The number of hydrogen-bond donors (Lipinski definition) is 2. The van der Waals surface area contributed by atoms with Gasteiger partial charge in [0.25, 0.3) is 0 Å². The predicted octanol–water partition coefficient (Wildman–Crippen LogP) is 4.30. The summed E-state index contributed by atoms with van der Waals surface area (Å²) in [6.45, 7) is 1.85. The average molecular weight is 313 g/mol. The van der Waals surface area contributed by atoms with Crippen LogP contribution in [0, 0.1) is 18.6 Å². The molecule has 0 aliphatic heterocycles. The second kappa shape index (κ2) is 5.73. The van der Waals surface area contributed by atoms with E-state index in [-0.39, 0.29) is 16.2 Å². The maximum Gasteiger partial charge on any atom is 0.150 e. The molecule has 0 aromatic heterocycles. The van der Waals surface area contributed by atoms with E-state index >= 15 is 0 Å². The number of anilines is 2. The number of halogens is 3. The molecule has 0 bridgehead atoms. The number of rotatable bonds is 3. The molecule has 104 valence electrons. The molecule has 0 fully saturated rings. The number of hydrogen-bond acceptors (Lipinski definition) is 2. The van der Waals surface area contributed by atoms with E-state index in [9.17, 15) is 8.78 Å². The van der Waals surface area contributed by atoms with Crippen LogP contribution in [0.15, 0.2) is 30.3 Å². The highest BCUT2D eigenvalue weighted by Gasteiger charge is 2.14. The normalized spacial score (nSPS) is 10.4. The highest BCUT2D eigenvalue weighted by Crippen LogP contribution is 2.30. The van der Waals surface area contributed by atoms with Gasteiger partial charge in [0.2, 0.25) is 0 Å². The summed E-state index contributed by atoms with van der Waals surface area (Å²) in [6.07, 6.45) is 0. The van der Waals surface area contributed by atoms with E-state index in [4.69, 9.17) is 29.6 Å². The standard InChI is InChI=1S/C14H11ClF2N2S/c1-7-2-3-9(15)12(4-7)19-13-10(16)5-8(14(18)20)6-11(13)17/h2-6,19H,1H3,(H2,18,20). The van der Waals surface area contributed by atoms with Crippen LogP contribution < -0.4 is 11.1 Å². The Kier molecular flexibility index (Phi) is 4.20. The van der Waals surface area contributed by atoms with Crippen molar-refractivity contribution in [3.8, 4) is 0 Å². The monoisotopic (exact) mass is 312 g/mol. The van der Waals surface area contributed by atoms with Crippen LogP contribution in [0.1, 0.15) is 11.1 Å². The van der Waals surface area contributed by atoms with E-state index in [2.05, 4.69) is 5.32 Å². The minimum Gasteiger partial charge on any atom is -0.389 e. The third kappa shape index (κ3) is 3.05. The number of thiocarbonyl (C=S) groups is 1. The minimum atomic E-state index is -0.787. The molecule has 6 heteroatoms. The first-order valence-electron chi connectivity index (χ1n) is 5.70. The van der Waals surface area contributed by atoms with Crippen LogP contribution in [0.2, 0.25) is 5.02 Å². The maximum atomic E-state index is 13.9. The molecule has 0 saturated heterocycles. The van der Waals surface area contributed by atoms with Gasteiger partial charge in [-0.1, -0.05) is 29.9 Å². The molecule has 2 aromatic rings. The largest absolute Gasteiger partial charge is 0.389 e. The van der Waals surface area contributed by atoms with Gasteiger partial charge in [0.05, 0.1) is 10.7 Å². The zero-order valence-electron chi connectivity index (χ0n) is 10.5. The first kappa shape index (κ1) is 14.7. The van der Waals surface area contributed by atoms with Crippen LogP contribution in [-0.2, 0) is 0 Å². The summed E-state index contributed by atoms with van der Waals surface area (Å²) in [4.78, 5) is -0.0667. The van der Waals surface area contributed by atoms with Crippen LogP contribution in [0.25, 0.3) is 0 Å². The van der Waals surface area contributed by atoms with Gasteiger partial charge in [-0.15, -0.1) is 0 Å². The molecule has 0 aliphatic carbocycles. The van der Waals surface area contributed by atoms with E-state index in [1.54, 1.807) is 18.2 Å².